The number of likely N-dealkylation sites (N-methyl/N-ethyl adjacent to an activating group) is 1. The summed E-state index contributed by atoms with van der Waals surface area (Å²) in [7, 11) is 0. The zero-order valence-electron chi connectivity index (χ0n) is 9.32. The van der Waals surface area contributed by atoms with Gasteiger partial charge in [0, 0.05) is 19.5 Å². The van der Waals surface area contributed by atoms with E-state index in [1.54, 1.807) is 6.33 Å². The first kappa shape index (κ1) is 11.2. The predicted molar refractivity (Wildman–Crippen MR) is 57.1 cm³/mol. The van der Waals surface area contributed by atoms with E-state index in [0.717, 1.165) is 31.9 Å². The van der Waals surface area contributed by atoms with E-state index >= 15 is 0 Å². The summed E-state index contributed by atoms with van der Waals surface area (Å²) in [5.74, 6) is 1.70. The quantitative estimate of drug-likeness (QED) is 0.692. The number of nitrogens with zero attached hydrogens (tertiary/aromatic N) is 3. The van der Waals surface area contributed by atoms with Gasteiger partial charge in [0.1, 0.15) is 12.2 Å². The average Bonchev–Trinajstić information content (AvgIpc) is 2.52. The fraction of sp³-hybridized carbons (Fsp3) is 0.800. The maximum Gasteiger partial charge on any atom is 0.138 e. The minimum atomic E-state index is 0.620. The fourth-order valence-corrected chi connectivity index (χ4v) is 1.36. The summed E-state index contributed by atoms with van der Waals surface area (Å²) < 4.78 is 2.00. The van der Waals surface area contributed by atoms with Crippen molar-refractivity contribution in [3.63, 3.8) is 0 Å². The fourth-order valence-electron chi connectivity index (χ4n) is 1.36. The van der Waals surface area contributed by atoms with Crippen LogP contribution in [0.15, 0.2) is 6.33 Å². The van der Waals surface area contributed by atoms with Gasteiger partial charge in [-0.25, -0.2) is 9.67 Å². The Bertz CT molecular complexity index is 254. The second-order valence-corrected chi connectivity index (χ2v) is 3.86. The van der Waals surface area contributed by atoms with Crippen molar-refractivity contribution < 1.29 is 0 Å². The van der Waals surface area contributed by atoms with E-state index in [-0.39, 0.29) is 0 Å². The molecule has 1 rings (SSSR count). The zero-order valence-corrected chi connectivity index (χ0v) is 9.32. The molecule has 0 saturated carbocycles. The van der Waals surface area contributed by atoms with Gasteiger partial charge in [-0.3, -0.25) is 0 Å². The predicted octanol–water partition coefficient (Wildman–Crippen LogP) is 1.09. The van der Waals surface area contributed by atoms with Crippen molar-refractivity contribution in [3.8, 4) is 0 Å². The summed E-state index contributed by atoms with van der Waals surface area (Å²) >= 11 is 0. The molecule has 14 heavy (non-hydrogen) atoms. The number of hydrogen-bond acceptors (Lipinski definition) is 3. The molecule has 0 radical (unpaired) electrons. The summed E-state index contributed by atoms with van der Waals surface area (Å²) in [4.78, 5) is 4.25. The highest BCUT2D eigenvalue weighted by Gasteiger charge is 2.04. The van der Waals surface area contributed by atoms with Gasteiger partial charge in [0.05, 0.1) is 0 Å². The maximum atomic E-state index is 4.25. The Morgan fingerprint density at radius 1 is 1.50 bits per heavy atom. The van der Waals surface area contributed by atoms with E-state index in [4.69, 9.17) is 0 Å². The monoisotopic (exact) mass is 196 g/mol. The number of hydrogen-bond donors (Lipinski definition) is 1. The summed E-state index contributed by atoms with van der Waals surface area (Å²) in [6.45, 7) is 9.44. The second-order valence-electron chi connectivity index (χ2n) is 3.86. The van der Waals surface area contributed by atoms with Gasteiger partial charge < -0.3 is 5.32 Å². The highest BCUT2D eigenvalue weighted by molar-refractivity contribution is 4.85. The van der Waals surface area contributed by atoms with Crippen LogP contribution in [0.3, 0.4) is 0 Å². The molecule has 4 nitrogen and oxygen atoms in total. The summed E-state index contributed by atoms with van der Waals surface area (Å²) in [6, 6.07) is 0. The number of nitrogens with one attached hydrogen (secondary N) is 1. The second kappa shape index (κ2) is 5.75. The van der Waals surface area contributed by atoms with Crippen LogP contribution in [0.5, 0.6) is 0 Å². The van der Waals surface area contributed by atoms with E-state index in [1.807, 2.05) is 4.68 Å². The molecule has 0 atom stereocenters. The summed E-state index contributed by atoms with van der Waals surface area (Å²) in [5.41, 5.74) is 0. The third-order valence-corrected chi connectivity index (χ3v) is 2.01. The molecule has 0 aromatic carbocycles. The van der Waals surface area contributed by atoms with Crippen LogP contribution in [0, 0.1) is 5.92 Å². The average molecular weight is 196 g/mol. The van der Waals surface area contributed by atoms with Gasteiger partial charge in [0.15, 0.2) is 0 Å². The molecular formula is C10H20N4. The van der Waals surface area contributed by atoms with Crippen LogP contribution in [0.2, 0.25) is 0 Å². The van der Waals surface area contributed by atoms with E-state index in [9.17, 15) is 0 Å². The Hall–Kier alpha value is -0.900. The Morgan fingerprint density at radius 3 is 2.93 bits per heavy atom. The van der Waals surface area contributed by atoms with Crippen LogP contribution >= 0.6 is 0 Å². The lowest BCUT2D eigenvalue weighted by molar-refractivity contribution is 0.463. The molecule has 0 saturated heterocycles. The molecule has 1 N–H and O–H groups in total. The molecule has 0 aliphatic carbocycles. The number of aromatic nitrogens is 3. The van der Waals surface area contributed by atoms with E-state index < -0.39 is 0 Å². The molecule has 80 valence electrons. The maximum absolute atomic E-state index is 4.25. The molecule has 0 aliphatic rings. The van der Waals surface area contributed by atoms with Gasteiger partial charge in [-0.1, -0.05) is 20.8 Å². The molecule has 0 unspecified atom stereocenters. The first-order valence-electron chi connectivity index (χ1n) is 5.31. The third-order valence-electron chi connectivity index (χ3n) is 2.01. The van der Waals surface area contributed by atoms with Crippen molar-refractivity contribution in [3.05, 3.63) is 12.2 Å². The lowest BCUT2D eigenvalue weighted by atomic mass is 10.2. The highest BCUT2D eigenvalue weighted by atomic mass is 15.3. The minimum Gasteiger partial charge on any atom is -0.317 e. The van der Waals surface area contributed by atoms with Crippen LogP contribution in [0.1, 0.15) is 26.6 Å². The molecule has 0 fully saturated rings. The molecule has 1 heterocycles. The molecule has 0 aliphatic heterocycles. The van der Waals surface area contributed by atoms with E-state index in [1.165, 1.54) is 0 Å². The minimum absolute atomic E-state index is 0.620. The lowest BCUT2D eigenvalue weighted by Crippen LogP contribution is -2.19. The molecule has 1 aromatic rings. The van der Waals surface area contributed by atoms with E-state index in [0.29, 0.717) is 5.92 Å². The van der Waals surface area contributed by atoms with Gasteiger partial charge in [-0.2, -0.15) is 5.10 Å². The Balaban J connectivity index is 2.45. The summed E-state index contributed by atoms with van der Waals surface area (Å²) in [6.07, 6.45) is 2.60. The van der Waals surface area contributed by atoms with E-state index in [2.05, 4.69) is 36.2 Å². The van der Waals surface area contributed by atoms with Gasteiger partial charge >= 0.3 is 0 Å². The lowest BCUT2D eigenvalue weighted by Gasteiger charge is -2.08. The Morgan fingerprint density at radius 2 is 2.29 bits per heavy atom. The molecule has 4 heteroatoms. The first-order valence-corrected chi connectivity index (χ1v) is 5.31. The van der Waals surface area contributed by atoms with Crippen LogP contribution < -0.4 is 5.32 Å². The smallest absolute Gasteiger partial charge is 0.138 e. The largest absolute Gasteiger partial charge is 0.317 e. The van der Waals surface area contributed by atoms with Crippen molar-refractivity contribution in [1.82, 2.24) is 20.1 Å². The van der Waals surface area contributed by atoms with Crippen molar-refractivity contribution in [2.75, 3.05) is 13.1 Å². The normalized spacial score (nSPS) is 11.1. The molecule has 0 bridgehead atoms. The number of rotatable bonds is 6. The SMILES string of the molecule is CCNCCc1ncnn1CC(C)C. The van der Waals surface area contributed by atoms with Crippen LogP contribution in [0.4, 0.5) is 0 Å². The van der Waals surface area contributed by atoms with Crippen molar-refractivity contribution >= 4 is 0 Å². The molecule has 0 amide bonds. The standard InChI is InChI=1S/C10H20N4/c1-4-11-6-5-10-12-8-13-14(10)7-9(2)3/h8-9,11H,4-7H2,1-3H3. The van der Waals surface area contributed by atoms with Crippen molar-refractivity contribution in [2.24, 2.45) is 5.92 Å². The van der Waals surface area contributed by atoms with Gasteiger partial charge in [-0.05, 0) is 12.5 Å². The van der Waals surface area contributed by atoms with Crippen LogP contribution in [-0.4, -0.2) is 27.9 Å². The van der Waals surface area contributed by atoms with Crippen molar-refractivity contribution in [2.45, 2.75) is 33.7 Å². The highest BCUT2D eigenvalue weighted by Crippen LogP contribution is 2.01. The van der Waals surface area contributed by atoms with Crippen LogP contribution in [0.25, 0.3) is 0 Å². The zero-order chi connectivity index (χ0) is 10.4. The molecule has 1 aromatic heterocycles. The molecular weight excluding hydrogens is 176 g/mol. The first-order chi connectivity index (χ1) is 6.74. The van der Waals surface area contributed by atoms with Crippen molar-refractivity contribution in [1.29, 1.82) is 0 Å². The molecule has 0 spiro atoms. The van der Waals surface area contributed by atoms with Crippen LogP contribution in [-0.2, 0) is 13.0 Å². The van der Waals surface area contributed by atoms with Gasteiger partial charge in [-0.15, -0.1) is 0 Å². The Labute approximate surface area is 85.7 Å². The Kier molecular flexibility index (Phi) is 4.59. The summed E-state index contributed by atoms with van der Waals surface area (Å²) in [5, 5.41) is 7.50. The topological polar surface area (TPSA) is 42.7 Å². The van der Waals surface area contributed by atoms with Gasteiger partial charge in [0.2, 0.25) is 0 Å². The third kappa shape index (κ3) is 3.46. The van der Waals surface area contributed by atoms with Gasteiger partial charge in [0.25, 0.3) is 0 Å².